The number of ether oxygens (including phenoxy) is 1. The van der Waals surface area contributed by atoms with Gasteiger partial charge >= 0.3 is 0 Å². The minimum atomic E-state index is -0.739. The maximum Gasteiger partial charge on any atom is 0.171 e. The predicted molar refractivity (Wildman–Crippen MR) is 56.1 cm³/mol. The Balaban J connectivity index is 1.92. The summed E-state index contributed by atoms with van der Waals surface area (Å²) >= 11 is 0. The van der Waals surface area contributed by atoms with Gasteiger partial charge in [0.25, 0.3) is 0 Å². The molecule has 0 amide bonds. The molecule has 4 atom stereocenters. The summed E-state index contributed by atoms with van der Waals surface area (Å²) in [4.78, 5) is 36.1. The van der Waals surface area contributed by atoms with Crippen molar-refractivity contribution in [1.29, 1.82) is 0 Å². The van der Waals surface area contributed by atoms with Crippen LogP contribution < -0.4 is 0 Å². The third-order valence-corrected chi connectivity index (χ3v) is 5.13. The number of fused-ring (bicyclic) bond motifs is 6. The van der Waals surface area contributed by atoms with Gasteiger partial charge in [0.2, 0.25) is 0 Å². The first-order chi connectivity index (χ1) is 8.01. The molecule has 0 radical (unpaired) electrons. The van der Waals surface area contributed by atoms with Crippen LogP contribution in [0.25, 0.3) is 0 Å². The summed E-state index contributed by atoms with van der Waals surface area (Å²) in [6.45, 7) is 1.84. The molecule has 88 valence electrons. The van der Waals surface area contributed by atoms with Crippen molar-refractivity contribution in [3.8, 4) is 0 Å². The topological polar surface area (TPSA) is 60.4 Å². The van der Waals surface area contributed by atoms with Crippen molar-refractivity contribution in [1.82, 2.24) is 0 Å². The lowest BCUT2D eigenvalue weighted by molar-refractivity contribution is -0.139. The third-order valence-electron chi connectivity index (χ3n) is 5.13. The minimum Gasteiger partial charge on any atom is -0.362 e. The van der Waals surface area contributed by atoms with Gasteiger partial charge in [-0.25, -0.2) is 0 Å². The molecule has 0 N–H and O–H groups in total. The molecular weight excluding hydrogens is 220 g/mol. The summed E-state index contributed by atoms with van der Waals surface area (Å²) in [7, 11) is 0. The molecule has 4 nitrogen and oxygen atoms in total. The smallest absolute Gasteiger partial charge is 0.171 e. The van der Waals surface area contributed by atoms with Gasteiger partial charge in [0.15, 0.2) is 17.3 Å². The summed E-state index contributed by atoms with van der Waals surface area (Å²) in [5.41, 5.74) is -1.20. The fraction of sp³-hybridized carbons (Fsp3) is 0.615. The van der Waals surface area contributed by atoms with Crippen molar-refractivity contribution in [2.24, 2.45) is 17.3 Å². The lowest BCUT2D eigenvalue weighted by Gasteiger charge is -2.38. The van der Waals surface area contributed by atoms with E-state index >= 15 is 0 Å². The van der Waals surface area contributed by atoms with E-state index in [9.17, 15) is 14.4 Å². The number of hydrogen-bond acceptors (Lipinski definition) is 4. The zero-order valence-corrected chi connectivity index (χ0v) is 9.43. The van der Waals surface area contributed by atoms with Gasteiger partial charge in [-0.1, -0.05) is 0 Å². The van der Waals surface area contributed by atoms with Crippen molar-refractivity contribution in [3.05, 3.63) is 12.2 Å². The molecule has 4 aliphatic rings. The van der Waals surface area contributed by atoms with Crippen LogP contribution in [0.1, 0.15) is 19.8 Å². The van der Waals surface area contributed by atoms with Gasteiger partial charge in [-0.2, -0.15) is 0 Å². The van der Waals surface area contributed by atoms with Crippen LogP contribution in [-0.2, 0) is 19.1 Å². The first-order valence-electron chi connectivity index (χ1n) is 5.99. The summed E-state index contributed by atoms with van der Waals surface area (Å²) in [5, 5.41) is 0. The lowest BCUT2D eigenvalue weighted by atomic mass is 9.60. The van der Waals surface area contributed by atoms with Gasteiger partial charge in [-0.05, 0) is 31.9 Å². The van der Waals surface area contributed by atoms with E-state index in [1.807, 2.05) is 6.92 Å². The molecule has 2 bridgehead atoms. The van der Waals surface area contributed by atoms with Crippen LogP contribution in [0.5, 0.6) is 0 Å². The molecule has 4 heteroatoms. The Morgan fingerprint density at radius 2 is 1.82 bits per heavy atom. The molecule has 1 saturated carbocycles. The lowest BCUT2D eigenvalue weighted by Crippen LogP contribution is -2.54. The molecule has 0 aromatic heterocycles. The van der Waals surface area contributed by atoms with Gasteiger partial charge in [-0.3, -0.25) is 14.4 Å². The van der Waals surface area contributed by atoms with Crippen LogP contribution in [0.4, 0.5) is 0 Å². The molecule has 4 rings (SSSR count). The molecule has 17 heavy (non-hydrogen) atoms. The maximum atomic E-state index is 12.3. The molecule has 0 aromatic carbocycles. The average Bonchev–Trinajstić information content (AvgIpc) is 2.99. The number of Topliss-reactive ketones (excluding diaryl/α,β-unsaturated/α-hetero) is 1. The van der Waals surface area contributed by atoms with Crippen LogP contribution in [0, 0.1) is 17.3 Å². The molecule has 2 saturated heterocycles. The molecule has 2 heterocycles. The highest BCUT2D eigenvalue weighted by Gasteiger charge is 2.80. The standard InChI is InChI=1S/C13H12O4/c1-12-9-7(15)3-2-6(14)8(9)10(17-12)11(16)13(12)4-5-13/h2-3,8-10H,4-5H2,1H3/t8?,9?,10-,12+/m1/s1. The van der Waals surface area contributed by atoms with Crippen molar-refractivity contribution >= 4 is 17.3 Å². The van der Waals surface area contributed by atoms with Gasteiger partial charge in [-0.15, -0.1) is 0 Å². The van der Waals surface area contributed by atoms with E-state index in [4.69, 9.17) is 4.74 Å². The number of rotatable bonds is 0. The van der Waals surface area contributed by atoms with Crippen LogP contribution in [0.2, 0.25) is 0 Å². The Bertz CT molecular complexity index is 514. The van der Waals surface area contributed by atoms with E-state index < -0.39 is 29.0 Å². The number of hydrogen-bond donors (Lipinski definition) is 0. The molecular formula is C13H12O4. The van der Waals surface area contributed by atoms with E-state index in [-0.39, 0.29) is 17.3 Å². The second kappa shape index (κ2) is 2.43. The predicted octanol–water partition coefficient (Wildman–Crippen LogP) is 0.447. The first-order valence-corrected chi connectivity index (χ1v) is 5.99. The van der Waals surface area contributed by atoms with Gasteiger partial charge < -0.3 is 4.74 Å². The second-order valence-corrected chi connectivity index (χ2v) is 5.73. The monoisotopic (exact) mass is 232 g/mol. The number of carbonyl (C=O) groups excluding carboxylic acids is 3. The zero-order chi connectivity index (χ0) is 12.0. The third kappa shape index (κ3) is 0.794. The number of ketones is 3. The van der Waals surface area contributed by atoms with E-state index in [2.05, 4.69) is 0 Å². The molecule has 3 fully saturated rings. The van der Waals surface area contributed by atoms with Crippen LogP contribution in [-0.4, -0.2) is 29.1 Å². The van der Waals surface area contributed by atoms with Crippen molar-refractivity contribution in [2.75, 3.05) is 0 Å². The molecule has 0 aromatic rings. The van der Waals surface area contributed by atoms with E-state index in [0.717, 1.165) is 12.8 Å². The van der Waals surface area contributed by atoms with E-state index in [1.165, 1.54) is 12.2 Å². The fourth-order valence-electron chi connectivity index (χ4n) is 4.08. The van der Waals surface area contributed by atoms with Gasteiger partial charge in [0.1, 0.15) is 6.10 Å². The fourth-order valence-corrected chi connectivity index (χ4v) is 4.08. The Morgan fingerprint density at radius 3 is 2.47 bits per heavy atom. The van der Waals surface area contributed by atoms with E-state index in [0.29, 0.717) is 0 Å². The summed E-state index contributed by atoms with van der Waals surface area (Å²) in [6.07, 6.45) is 3.57. The van der Waals surface area contributed by atoms with Crippen molar-refractivity contribution < 1.29 is 19.1 Å². The zero-order valence-electron chi connectivity index (χ0n) is 9.43. The summed E-state index contributed by atoms with van der Waals surface area (Å²) in [6, 6.07) is 0. The first kappa shape index (κ1) is 9.71. The second-order valence-electron chi connectivity index (χ2n) is 5.73. The van der Waals surface area contributed by atoms with Crippen molar-refractivity contribution in [2.45, 2.75) is 31.5 Å². The molecule has 2 aliphatic carbocycles. The van der Waals surface area contributed by atoms with Crippen LogP contribution in [0.3, 0.4) is 0 Å². The quantitative estimate of drug-likeness (QED) is 0.608. The van der Waals surface area contributed by atoms with Crippen molar-refractivity contribution in [3.63, 3.8) is 0 Å². The maximum absolute atomic E-state index is 12.3. The normalized spacial score (nSPS) is 49.0. The Labute approximate surface area is 98.0 Å². The average molecular weight is 232 g/mol. The van der Waals surface area contributed by atoms with E-state index in [1.54, 1.807) is 0 Å². The Kier molecular flexibility index (Phi) is 1.39. The Morgan fingerprint density at radius 1 is 1.18 bits per heavy atom. The van der Waals surface area contributed by atoms with Crippen LogP contribution >= 0.6 is 0 Å². The highest BCUT2D eigenvalue weighted by molar-refractivity contribution is 6.13. The Hall–Kier alpha value is -1.29. The van der Waals surface area contributed by atoms with Crippen LogP contribution in [0.15, 0.2) is 12.2 Å². The molecule has 1 spiro atoms. The molecule has 2 unspecified atom stereocenters. The largest absolute Gasteiger partial charge is 0.362 e. The highest BCUT2D eigenvalue weighted by Crippen LogP contribution is 2.70. The van der Waals surface area contributed by atoms with Gasteiger partial charge in [0, 0.05) is 0 Å². The number of allylic oxidation sites excluding steroid dienone is 2. The minimum absolute atomic E-state index is 0.0534. The SMILES string of the molecule is C[C@@]12O[C@@H](C(=O)C13CC3)C1C(=O)C=CC(=O)C12. The molecule has 2 aliphatic heterocycles. The van der Waals surface area contributed by atoms with Gasteiger partial charge in [0.05, 0.1) is 22.9 Å². The summed E-state index contributed by atoms with van der Waals surface area (Å²) < 4.78 is 5.81. The highest BCUT2D eigenvalue weighted by atomic mass is 16.5. The summed E-state index contributed by atoms with van der Waals surface area (Å²) in [5.74, 6) is -1.13. The number of carbonyl (C=O) groups is 3.